The van der Waals surface area contributed by atoms with E-state index in [2.05, 4.69) is 24.1 Å². The minimum Gasteiger partial charge on any atom is -0.380 e. The van der Waals surface area contributed by atoms with Crippen molar-refractivity contribution >= 4 is 17.3 Å². The first-order valence-electron chi connectivity index (χ1n) is 3.99. The van der Waals surface area contributed by atoms with E-state index in [0.29, 0.717) is 11.2 Å². The molecule has 1 aromatic rings. The summed E-state index contributed by atoms with van der Waals surface area (Å²) in [4.78, 5) is 4.00. The first-order chi connectivity index (χ1) is 5.61. The second-order valence-corrected chi connectivity index (χ2v) is 3.45. The number of pyridine rings is 1. The van der Waals surface area contributed by atoms with Crippen molar-refractivity contribution in [1.29, 1.82) is 0 Å². The minimum atomic E-state index is 0.380. The largest absolute Gasteiger partial charge is 0.380 e. The molecule has 0 fully saturated rings. The van der Waals surface area contributed by atoms with Gasteiger partial charge < -0.3 is 5.32 Å². The molecule has 1 rings (SSSR count). The minimum absolute atomic E-state index is 0.380. The summed E-state index contributed by atoms with van der Waals surface area (Å²) in [6.07, 6.45) is 1.71. The van der Waals surface area contributed by atoms with Crippen LogP contribution in [0.25, 0.3) is 0 Å². The lowest BCUT2D eigenvalue weighted by atomic mass is 10.2. The van der Waals surface area contributed by atoms with Crippen LogP contribution in [-0.4, -0.2) is 11.0 Å². The lowest BCUT2D eigenvalue weighted by Crippen LogP contribution is -2.11. The zero-order valence-corrected chi connectivity index (χ0v) is 8.31. The second-order valence-electron chi connectivity index (χ2n) is 3.09. The zero-order valence-electron chi connectivity index (χ0n) is 7.56. The van der Waals surface area contributed by atoms with Gasteiger partial charge in [0.05, 0.1) is 5.69 Å². The smallest absolute Gasteiger partial charge is 0.152 e. The van der Waals surface area contributed by atoms with Crippen LogP contribution >= 0.6 is 11.6 Å². The summed E-state index contributed by atoms with van der Waals surface area (Å²) in [5, 5.41) is 3.79. The summed E-state index contributed by atoms with van der Waals surface area (Å²) < 4.78 is 0. The van der Waals surface area contributed by atoms with Gasteiger partial charge in [-0.05, 0) is 32.4 Å². The van der Waals surface area contributed by atoms with Crippen LogP contribution in [0.15, 0.2) is 12.3 Å². The molecule has 66 valence electrons. The van der Waals surface area contributed by atoms with Crippen molar-refractivity contribution in [2.45, 2.75) is 26.8 Å². The Bertz CT molecular complexity index is 251. The summed E-state index contributed by atoms with van der Waals surface area (Å²) in [6.45, 7) is 6.16. The summed E-state index contributed by atoms with van der Waals surface area (Å²) in [5.74, 6) is 0. The van der Waals surface area contributed by atoms with Crippen molar-refractivity contribution in [3.63, 3.8) is 0 Å². The summed E-state index contributed by atoms with van der Waals surface area (Å²) in [6, 6.07) is 2.32. The molecule has 0 aliphatic rings. The maximum Gasteiger partial charge on any atom is 0.152 e. The third kappa shape index (κ3) is 2.11. The second kappa shape index (κ2) is 3.76. The zero-order chi connectivity index (χ0) is 9.14. The van der Waals surface area contributed by atoms with Gasteiger partial charge in [0.1, 0.15) is 0 Å². The molecule has 0 bridgehead atoms. The Hall–Kier alpha value is -0.760. The average Bonchev–Trinajstić information content (AvgIpc) is 1.97. The molecule has 0 aliphatic carbocycles. The Morgan fingerprint density at radius 1 is 1.50 bits per heavy atom. The molecule has 1 aromatic heterocycles. The van der Waals surface area contributed by atoms with Gasteiger partial charge >= 0.3 is 0 Å². The monoisotopic (exact) mass is 184 g/mol. The van der Waals surface area contributed by atoms with Crippen LogP contribution in [0.1, 0.15) is 19.4 Å². The predicted molar refractivity (Wildman–Crippen MR) is 52.7 cm³/mol. The summed E-state index contributed by atoms with van der Waals surface area (Å²) >= 11 is 5.90. The predicted octanol–water partition coefficient (Wildman–Crippen LogP) is 2.86. The van der Waals surface area contributed by atoms with Crippen molar-refractivity contribution in [2.24, 2.45) is 0 Å². The number of hydrogen-bond acceptors (Lipinski definition) is 2. The molecule has 0 saturated carbocycles. The van der Waals surface area contributed by atoms with Crippen LogP contribution in [0.2, 0.25) is 5.15 Å². The number of rotatable bonds is 2. The van der Waals surface area contributed by atoms with Crippen molar-refractivity contribution in [3.8, 4) is 0 Å². The number of halogens is 1. The molecule has 0 saturated heterocycles. The maximum absolute atomic E-state index is 5.90. The molecule has 0 unspecified atom stereocenters. The van der Waals surface area contributed by atoms with Crippen LogP contribution < -0.4 is 5.32 Å². The molecule has 1 N–H and O–H groups in total. The van der Waals surface area contributed by atoms with E-state index in [1.807, 2.05) is 13.0 Å². The number of hydrogen-bond donors (Lipinski definition) is 1. The van der Waals surface area contributed by atoms with Gasteiger partial charge in [-0.1, -0.05) is 11.6 Å². The van der Waals surface area contributed by atoms with E-state index in [-0.39, 0.29) is 0 Å². The SMILES string of the molecule is Cc1ccnc(Cl)c1NC(C)C. The summed E-state index contributed by atoms with van der Waals surface area (Å²) in [7, 11) is 0. The number of nitrogens with zero attached hydrogens (tertiary/aromatic N) is 1. The van der Waals surface area contributed by atoms with Crippen molar-refractivity contribution in [3.05, 3.63) is 23.0 Å². The van der Waals surface area contributed by atoms with Crippen LogP contribution in [0.3, 0.4) is 0 Å². The quantitative estimate of drug-likeness (QED) is 0.715. The molecule has 3 heteroatoms. The fraction of sp³-hybridized carbons (Fsp3) is 0.444. The molecule has 0 aliphatic heterocycles. The van der Waals surface area contributed by atoms with Crippen LogP contribution in [0, 0.1) is 6.92 Å². The average molecular weight is 185 g/mol. The van der Waals surface area contributed by atoms with E-state index >= 15 is 0 Å². The van der Waals surface area contributed by atoms with Gasteiger partial charge in [0.15, 0.2) is 5.15 Å². The molecule has 12 heavy (non-hydrogen) atoms. The third-order valence-corrected chi connectivity index (χ3v) is 1.83. The highest BCUT2D eigenvalue weighted by Gasteiger charge is 2.04. The van der Waals surface area contributed by atoms with Gasteiger partial charge in [-0.15, -0.1) is 0 Å². The van der Waals surface area contributed by atoms with Gasteiger partial charge in [-0.2, -0.15) is 0 Å². The first-order valence-corrected chi connectivity index (χ1v) is 4.36. The third-order valence-electron chi connectivity index (χ3n) is 1.55. The van der Waals surface area contributed by atoms with Gasteiger partial charge in [-0.3, -0.25) is 0 Å². The number of nitrogens with one attached hydrogen (secondary N) is 1. The van der Waals surface area contributed by atoms with Crippen molar-refractivity contribution in [1.82, 2.24) is 4.98 Å². The maximum atomic E-state index is 5.90. The molecule has 1 heterocycles. The van der Waals surface area contributed by atoms with Gasteiger partial charge in [0.2, 0.25) is 0 Å². The molecule has 0 spiro atoms. The molecule has 0 amide bonds. The Labute approximate surface area is 78.0 Å². The normalized spacial score (nSPS) is 10.4. The van der Waals surface area contributed by atoms with Crippen molar-refractivity contribution < 1.29 is 0 Å². The first kappa shape index (κ1) is 9.33. The van der Waals surface area contributed by atoms with Crippen LogP contribution in [0.4, 0.5) is 5.69 Å². The Kier molecular flexibility index (Phi) is 2.93. The Morgan fingerprint density at radius 2 is 2.17 bits per heavy atom. The lowest BCUT2D eigenvalue weighted by molar-refractivity contribution is 0.895. The topological polar surface area (TPSA) is 24.9 Å². The highest BCUT2D eigenvalue weighted by molar-refractivity contribution is 6.32. The molecule has 0 atom stereocenters. The number of aryl methyl sites for hydroxylation is 1. The van der Waals surface area contributed by atoms with E-state index in [0.717, 1.165) is 11.3 Å². The summed E-state index contributed by atoms with van der Waals surface area (Å²) in [5.41, 5.74) is 2.07. The van der Waals surface area contributed by atoms with Gasteiger partial charge in [-0.25, -0.2) is 4.98 Å². The fourth-order valence-corrected chi connectivity index (χ4v) is 1.25. The van der Waals surface area contributed by atoms with Gasteiger partial charge in [0, 0.05) is 12.2 Å². The molecule has 2 nitrogen and oxygen atoms in total. The van der Waals surface area contributed by atoms with E-state index in [1.165, 1.54) is 0 Å². The van der Waals surface area contributed by atoms with E-state index in [4.69, 9.17) is 11.6 Å². The van der Waals surface area contributed by atoms with E-state index in [1.54, 1.807) is 6.20 Å². The van der Waals surface area contributed by atoms with E-state index in [9.17, 15) is 0 Å². The molecular formula is C9H13ClN2. The number of anilines is 1. The fourth-order valence-electron chi connectivity index (χ4n) is 0.987. The standard InChI is InChI=1S/C9H13ClN2/c1-6(2)12-8-7(3)4-5-11-9(8)10/h4-6,12H,1-3H3. The Morgan fingerprint density at radius 3 is 2.67 bits per heavy atom. The Balaban J connectivity index is 2.96. The molecule has 0 radical (unpaired) electrons. The lowest BCUT2D eigenvalue weighted by Gasteiger charge is -2.13. The molecule has 0 aromatic carbocycles. The highest BCUT2D eigenvalue weighted by Crippen LogP contribution is 2.23. The van der Waals surface area contributed by atoms with Crippen LogP contribution in [-0.2, 0) is 0 Å². The van der Waals surface area contributed by atoms with E-state index < -0.39 is 0 Å². The van der Waals surface area contributed by atoms with Crippen LogP contribution in [0.5, 0.6) is 0 Å². The molecular weight excluding hydrogens is 172 g/mol. The van der Waals surface area contributed by atoms with Crippen molar-refractivity contribution in [2.75, 3.05) is 5.32 Å². The number of aromatic nitrogens is 1. The highest BCUT2D eigenvalue weighted by atomic mass is 35.5. The van der Waals surface area contributed by atoms with Gasteiger partial charge in [0.25, 0.3) is 0 Å².